The summed E-state index contributed by atoms with van der Waals surface area (Å²) in [5.41, 5.74) is 2.21. The number of aliphatic carboxylic acids is 1. The zero-order valence-corrected chi connectivity index (χ0v) is 13.6. The number of hydrogen-bond acceptors (Lipinski definition) is 3. The van der Waals surface area contributed by atoms with E-state index < -0.39 is 12.0 Å². The largest absolute Gasteiger partial charge is 0.480 e. The average molecular weight is 329 g/mol. The van der Waals surface area contributed by atoms with Crippen molar-refractivity contribution in [3.05, 3.63) is 71.8 Å². The van der Waals surface area contributed by atoms with Gasteiger partial charge in [0.05, 0.1) is 5.25 Å². The summed E-state index contributed by atoms with van der Waals surface area (Å²) in [5.74, 6) is -1.06. The first kappa shape index (κ1) is 17.1. The maximum atomic E-state index is 11.3. The Balaban J connectivity index is 2.18. The van der Waals surface area contributed by atoms with Crippen molar-refractivity contribution in [2.24, 2.45) is 0 Å². The van der Waals surface area contributed by atoms with Crippen LogP contribution in [0.1, 0.15) is 23.3 Å². The molecule has 0 aliphatic heterocycles. The lowest BCUT2D eigenvalue weighted by atomic mass is 10.0. The van der Waals surface area contributed by atoms with E-state index in [1.165, 1.54) is 18.7 Å². The number of nitrogens with one attached hydrogen (secondary N) is 1. The van der Waals surface area contributed by atoms with Crippen molar-refractivity contribution >= 4 is 23.6 Å². The van der Waals surface area contributed by atoms with E-state index in [9.17, 15) is 14.7 Å². The number of amides is 1. The molecule has 0 aliphatic rings. The molecule has 0 fully saturated rings. The molecule has 2 aromatic rings. The third kappa shape index (κ3) is 5.14. The highest BCUT2D eigenvalue weighted by molar-refractivity contribution is 7.99. The van der Waals surface area contributed by atoms with Crippen molar-refractivity contribution in [2.45, 2.75) is 18.2 Å². The summed E-state index contributed by atoms with van der Waals surface area (Å²) < 4.78 is 0. The molecule has 5 heteroatoms. The minimum atomic E-state index is -1.02. The first-order valence-corrected chi connectivity index (χ1v) is 8.34. The van der Waals surface area contributed by atoms with E-state index in [1.54, 1.807) is 0 Å². The topological polar surface area (TPSA) is 66.4 Å². The number of benzene rings is 2. The van der Waals surface area contributed by atoms with E-state index in [0.717, 1.165) is 11.1 Å². The Bertz CT molecular complexity index is 606. The molecule has 0 saturated heterocycles. The van der Waals surface area contributed by atoms with Crippen LogP contribution in [-0.4, -0.2) is 28.8 Å². The lowest BCUT2D eigenvalue weighted by Crippen LogP contribution is -2.41. The summed E-state index contributed by atoms with van der Waals surface area (Å²) in [5, 5.41) is 11.7. The first-order valence-electron chi connectivity index (χ1n) is 7.29. The third-order valence-corrected chi connectivity index (χ3v) is 4.71. The molecule has 23 heavy (non-hydrogen) atoms. The van der Waals surface area contributed by atoms with Crippen LogP contribution in [-0.2, 0) is 9.59 Å². The van der Waals surface area contributed by atoms with E-state index in [4.69, 9.17) is 0 Å². The van der Waals surface area contributed by atoms with Gasteiger partial charge >= 0.3 is 5.97 Å². The van der Waals surface area contributed by atoms with Crippen molar-refractivity contribution in [1.82, 2.24) is 5.32 Å². The lowest BCUT2D eigenvalue weighted by molar-refractivity contribution is -0.140. The number of thioether (sulfide) groups is 1. The molecule has 0 unspecified atom stereocenters. The zero-order chi connectivity index (χ0) is 16.7. The number of rotatable bonds is 7. The molecule has 0 bridgehead atoms. The molecule has 2 rings (SSSR count). The van der Waals surface area contributed by atoms with Crippen molar-refractivity contribution in [3.8, 4) is 0 Å². The van der Waals surface area contributed by atoms with Gasteiger partial charge in [0, 0.05) is 12.7 Å². The number of carboxylic acids is 1. The van der Waals surface area contributed by atoms with Crippen LogP contribution in [0.2, 0.25) is 0 Å². The standard InChI is InChI=1S/C18H19NO3S/c1-13(20)19-16(18(21)22)12-23-17(14-8-4-2-5-9-14)15-10-6-3-7-11-15/h2-11,16-17H,12H2,1H3,(H,19,20)(H,21,22)/t16-/m0/s1. The average Bonchev–Trinajstić information content (AvgIpc) is 2.55. The second-order valence-electron chi connectivity index (χ2n) is 5.13. The van der Waals surface area contributed by atoms with E-state index in [-0.39, 0.29) is 11.2 Å². The van der Waals surface area contributed by atoms with Gasteiger partial charge in [0.25, 0.3) is 0 Å². The molecule has 0 aliphatic carbocycles. The second-order valence-corrected chi connectivity index (χ2v) is 6.26. The van der Waals surface area contributed by atoms with Gasteiger partial charge in [-0.25, -0.2) is 4.79 Å². The van der Waals surface area contributed by atoms with Crippen LogP contribution >= 0.6 is 11.8 Å². The second kappa shape index (κ2) is 8.39. The maximum absolute atomic E-state index is 11.3. The number of carbonyl (C=O) groups excluding carboxylic acids is 1. The van der Waals surface area contributed by atoms with Crippen LogP contribution in [0.15, 0.2) is 60.7 Å². The Morgan fingerprint density at radius 1 is 1.00 bits per heavy atom. The number of hydrogen-bond donors (Lipinski definition) is 2. The normalized spacial score (nSPS) is 11.9. The van der Waals surface area contributed by atoms with Gasteiger partial charge in [0.15, 0.2) is 0 Å². The van der Waals surface area contributed by atoms with Gasteiger partial charge in [-0.2, -0.15) is 0 Å². The van der Waals surface area contributed by atoms with Gasteiger partial charge in [0.2, 0.25) is 5.91 Å². The van der Waals surface area contributed by atoms with Crippen LogP contribution in [0.5, 0.6) is 0 Å². The van der Waals surface area contributed by atoms with E-state index in [2.05, 4.69) is 5.32 Å². The molecule has 0 aromatic heterocycles. The van der Waals surface area contributed by atoms with Crippen molar-refractivity contribution in [2.75, 3.05) is 5.75 Å². The smallest absolute Gasteiger partial charge is 0.327 e. The minimum absolute atomic E-state index is 0.0213. The third-order valence-electron chi connectivity index (χ3n) is 3.31. The Morgan fingerprint density at radius 2 is 1.48 bits per heavy atom. The van der Waals surface area contributed by atoms with Crippen LogP contribution in [0.3, 0.4) is 0 Å². The lowest BCUT2D eigenvalue weighted by Gasteiger charge is -2.20. The molecular weight excluding hydrogens is 310 g/mol. The van der Waals surface area contributed by atoms with Gasteiger partial charge in [-0.15, -0.1) is 11.8 Å². The summed E-state index contributed by atoms with van der Waals surface area (Å²) >= 11 is 1.51. The fourth-order valence-electron chi connectivity index (χ4n) is 2.25. The molecule has 4 nitrogen and oxygen atoms in total. The van der Waals surface area contributed by atoms with Crippen LogP contribution < -0.4 is 5.32 Å². The summed E-state index contributed by atoms with van der Waals surface area (Å²) in [6, 6.07) is 19.0. The number of carbonyl (C=O) groups is 2. The summed E-state index contributed by atoms with van der Waals surface area (Å²) in [6.45, 7) is 1.33. The van der Waals surface area contributed by atoms with Gasteiger partial charge in [-0.05, 0) is 11.1 Å². The quantitative estimate of drug-likeness (QED) is 0.819. The minimum Gasteiger partial charge on any atom is -0.480 e. The van der Waals surface area contributed by atoms with Crippen LogP contribution in [0, 0.1) is 0 Å². The van der Waals surface area contributed by atoms with Crippen molar-refractivity contribution in [1.29, 1.82) is 0 Å². The molecule has 1 atom stereocenters. The summed E-state index contributed by atoms with van der Waals surface area (Å²) in [7, 11) is 0. The highest BCUT2D eigenvalue weighted by atomic mass is 32.2. The zero-order valence-electron chi connectivity index (χ0n) is 12.8. The molecule has 120 valence electrons. The Morgan fingerprint density at radius 3 is 1.87 bits per heavy atom. The van der Waals surface area contributed by atoms with Gasteiger partial charge in [-0.1, -0.05) is 60.7 Å². The molecule has 0 heterocycles. The van der Waals surface area contributed by atoms with Crippen molar-refractivity contribution in [3.63, 3.8) is 0 Å². The molecule has 0 saturated carbocycles. The molecular formula is C18H19NO3S. The fraction of sp³-hybridized carbons (Fsp3) is 0.222. The van der Waals surface area contributed by atoms with Crippen molar-refractivity contribution < 1.29 is 14.7 Å². The predicted molar refractivity (Wildman–Crippen MR) is 92.4 cm³/mol. The Kier molecular flexibility index (Phi) is 6.23. The predicted octanol–water partition coefficient (Wildman–Crippen LogP) is 3.10. The van der Waals surface area contributed by atoms with Gasteiger partial charge in [-0.3, -0.25) is 4.79 Å². The molecule has 1 amide bonds. The molecule has 2 N–H and O–H groups in total. The Hall–Kier alpha value is -2.27. The van der Waals surface area contributed by atoms with E-state index >= 15 is 0 Å². The summed E-state index contributed by atoms with van der Waals surface area (Å²) in [6.07, 6.45) is 0. The fourth-order valence-corrected chi connectivity index (χ4v) is 3.56. The monoisotopic (exact) mass is 329 g/mol. The number of carboxylic acid groups (broad SMARTS) is 1. The van der Waals surface area contributed by atoms with Crippen LogP contribution in [0.25, 0.3) is 0 Å². The van der Waals surface area contributed by atoms with E-state index in [0.29, 0.717) is 5.75 Å². The SMILES string of the molecule is CC(=O)N[C@@H](CSC(c1ccccc1)c1ccccc1)C(=O)O. The van der Waals surface area contributed by atoms with Crippen LogP contribution in [0.4, 0.5) is 0 Å². The first-order chi connectivity index (χ1) is 11.1. The molecule has 0 spiro atoms. The maximum Gasteiger partial charge on any atom is 0.327 e. The molecule has 0 radical (unpaired) electrons. The summed E-state index contributed by atoms with van der Waals surface area (Å²) in [4.78, 5) is 22.5. The van der Waals surface area contributed by atoms with Gasteiger partial charge < -0.3 is 10.4 Å². The highest BCUT2D eigenvalue weighted by Gasteiger charge is 2.22. The molecule has 2 aromatic carbocycles. The van der Waals surface area contributed by atoms with Gasteiger partial charge in [0.1, 0.15) is 6.04 Å². The Labute approximate surface area is 139 Å². The van der Waals surface area contributed by atoms with E-state index in [1.807, 2.05) is 60.7 Å². The highest BCUT2D eigenvalue weighted by Crippen LogP contribution is 2.35.